The predicted octanol–water partition coefficient (Wildman–Crippen LogP) is 1.96. The number of ether oxygens (including phenoxy) is 2. The number of hydrogen-bond donors (Lipinski definition) is 2. The van der Waals surface area contributed by atoms with Crippen LogP contribution in [-0.2, 0) is 0 Å². The van der Waals surface area contributed by atoms with Gasteiger partial charge in [0.05, 0.1) is 16.7 Å². The van der Waals surface area contributed by atoms with Crippen LogP contribution in [0, 0.1) is 0 Å². The van der Waals surface area contributed by atoms with Crippen molar-refractivity contribution in [3.63, 3.8) is 0 Å². The van der Waals surface area contributed by atoms with Gasteiger partial charge < -0.3 is 19.9 Å². The molecule has 2 N–H and O–H groups in total. The lowest BCUT2D eigenvalue weighted by molar-refractivity contribution is 0.0709. The third-order valence-corrected chi connectivity index (χ3v) is 3.45. The van der Waals surface area contributed by atoms with E-state index < -0.39 is 11.6 Å². The van der Waals surface area contributed by atoms with Crippen LogP contribution in [0.15, 0.2) is 12.1 Å². The molecule has 5 nitrogen and oxygen atoms in total. The first kappa shape index (κ1) is 14.0. The molecule has 1 heterocycles. The second-order valence-electron chi connectivity index (χ2n) is 5.04. The summed E-state index contributed by atoms with van der Waals surface area (Å²) in [6, 6.07) is 3.09. The fourth-order valence-corrected chi connectivity index (χ4v) is 1.83. The Morgan fingerprint density at radius 3 is 2.79 bits per heavy atom. The molecule has 1 unspecified atom stereocenters. The number of rotatable bonds is 3. The molecule has 1 amide bonds. The van der Waals surface area contributed by atoms with E-state index in [1.807, 2.05) is 0 Å². The number of aliphatic hydroxyl groups excluding tert-OH is 1. The van der Waals surface area contributed by atoms with Gasteiger partial charge in [0.15, 0.2) is 11.5 Å². The lowest BCUT2D eigenvalue weighted by atomic mass is 9.98. The molecule has 1 aliphatic rings. The summed E-state index contributed by atoms with van der Waals surface area (Å²) in [5.74, 6) is 0.576. The van der Waals surface area contributed by atoms with Crippen molar-refractivity contribution in [1.29, 1.82) is 0 Å². The summed E-state index contributed by atoms with van der Waals surface area (Å²) in [7, 11) is 0. The van der Waals surface area contributed by atoms with Crippen molar-refractivity contribution in [2.75, 3.05) is 6.79 Å². The van der Waals surface area contributed by atoms with Gasteiger partial charge in [0.2, 0.25) is 6.79 Å². The minimum absolute atomic E-state index is 0.0965. The highest BCUT2D eigenvalue weighted by Gasteiger charge is 2.28. The summed E-state index contributed by atoms with van der Waals surface area (Å²) in [4.78, 5) is 12.1. The van der Waals surface area contributed by atoms with Crippen LogP contribution in [0.2, 0.25) is 5.02 Å². The average molecular weight is 286 g/mol. The molecule has 2 rings (SSSR count). The van der Waals surface area contributed by atoms with E-state index in [0.717, 1.165) is 0 Å². The largest absolute Gasteiger partial charge is 0.454 e. The van der Waals surface area contributed by atoms with Crippen molar-refractivity contribution >= 4 is 17.5 Å². The first-order valence-electron chi connectivity index (χ1n) is 5.91. The Kier molecular flexibility index (Phi) is 3.60. The Morgan fingerprint density at radius 2 is 2.16 bits per heavy atom. The van der Waals surface area contributed by atoms with Gasteiger partial charge >= 0.3 is 0 Å². The Bertz CT molecular complexity index is 514. The van der Waals surface area contributed by atoms with Crippen LogP contribution in [0.1, 0.15) is 31.1 Å². The Morgan fingerprint density at radius 1 is 1.47 bits per heavy atom. The number of aliphatic hydroxyl groups is 1. The maximum Gasteiger partial charge on any atom is 0.251 e. The lowest BCUT2D eigenvalue weighted by Crippen LogP contribution is -2.50. The highest BCUT2D eigenvalue weighted by molar-refractivity contribution is 6.32. The first-order valence-corrected chi connectivity index (χ1v) is 6.29. The number of nitrogens with one attached hydrogen (secondary N) is 1. The molecule has 1 aromatic rings. The van der Waals surface area contributed by atoms with Gasteiger partial charge in [0.1, 0.15) is 0 Å². The van der Waals surface area contributed by atoms with Crippen LogP contribution in [0.25, 0.3) is 0 Å². The zero-order chi connectivity index (χ0) is 14.2. The minimum atomic E-state index is -0.736. The van der Waals surface area contributed by atoms with Gasteiger partial charge in [0.25, 0.3) is 5.91 Å². The van der Waals surface area contributed by atoms with Crippen LogP contribution in [0.5, 0.6) is 11.5 Å². The van der Waals surface area contributed by atoms with Gasteiger partial charge in [-0.3, -0.25) is 4.79 Å². The molecule has 0 saturated carbocycles. The number of carbonyl (C=O) groups is 1. The number of carbonyl (C=O) groups excluding carboxylic acids is 1. The lowest BCUT2D eigenvalue weighted by Gasteiger charge is -2.29. The quantitative estimate of drug-likeness (QED) is 0.891. The first-order chi connectivity index (χ1) is 8.81. The fourth-order valence-electron chi connectivity index (χ4n) is 1.57. The van der Waals surface area contributed by atoms with Crippen LogP contribution >= 0.6 is 11.6 Å². The molecule has 19 heavy (non-hydrogen) atoms. The van der Waals surface area contributed by atoms with E-state index in [1.54, 1.807) is 26.8 Å². The van der Waals surface area contributed by atoms with Crippen molar-refractivity contribution in [3.8, 4) is 11.5 Å². The number of benzene rings is 1. The maximum atomic E-state index is 12.1. The predicted molar refractivity (Wildman–Crippen MR) is 70.8 cm³/mol. The molecule has 104 valence electrons. The highest BCUT2D eigenvalue weighted by atomic mass is 35.5. The molecular formula is C13H16ClNO4. The van der Waals surface area contributed by atoms with Crippen molar-refractivity contribution < 1.29 is 19.4 Å². The van der Waals surface area contributed by atoms with Crippen molar-refractivity contribution in [2.45, 2.75) is 32.4 Å². The molecule has 0 aromatic heterocycles. The monoisotopic (exact) mass is 285 g/mol. The van der Waals surface area contributed by atoms with Crippen molar-refractivity contribution in [1.82, 2.24) is 5.32 Å². The SMILES string of the molecule is CC(O)C(C)(C)NC(=O)c1cc(Cl)c2c(c1)OCO2. The van der Waals surface area contributed by atoms with Gasteiger partial charge in [-0.15, -0.1) is 0 Å². The summed E-state index contributed by atoms with van der Waals surface area (Å²) in [6.45, 7) is 5.19. The number of fused-ring (bicyclic) bond motifs is 1. The smallest absolute Gasteiger partial charge is 0.251 e. The molecule has 0 aliphatic carbocycles. The molecule has 1 aliphatic heterocycles. The molecule has 0 bridgehead atoms. The number of hydrogen-bond acceptors (Lipinski definition) is 4. The summed E-state index contributed by atoms with van der Waals surface area (Å²) >= 11 is 6.02. The molecule has 0 saturated heterocycles. The van der Waals surface area contributed by atoms with E-state index >= 15 is 0 Å². The zero-order valence-electron chi connectivity index (χ0n) is 11.0. The second-order valence-corrected chi connectivity index (χ2v) is 5.45. The molecular weight excluding hydrogens is 270 g/mol. The standard InChI is InChI=1S/C13H16ClNO4/c1-7(16)13(2,3)15-12(17)8-4-9(14)11-10(5-8)18-6-19-11/h4-5,7,16H,6H2,1-3H3,(H,15,17). The van der Waals surface area contributed by atoms with Crippen LogP contribution in [0.3, 0.4) is 0 Å². The van der Waals surface area contributed by atoms with E-state index in [1.165, 1.54) is 6.07 Å². The topological polar surface area (TPSA) is 67.8 Å². The summed E-state index contributed by atoms with van der Waals surface area (Å²) in [5, 5.41) is 12.7. The fraction of sp³-hybridized carbons (Fsp3) is 0.462. The zero-order valence-corrected chi connectivity index (χ0v) is 11.7. The molecule has 1 aromatic carbocycles. The van der Waals surface area contributed by atoms with E-state index in [2.05, 4.69) is 5.32 Å². The Labute approximate surface area is 116 Å². The van der Waals surface area contributed by atoms with Gasteiger partial charge in [0, 0.05) is 5.56 Å². The molecule has 6 heteroatoms. The average Bonchev–Trinajstić information content (AvgIpc) is 2.76. The Balaban J connectivity index is 2.23. The van der Waals surface area contributed by atoms with E-state index in [-0.39, 0.29) is 12.7 Å². The summed E-state index contributed by atoms with van der Waals surface area (Å²) < 4.78 is 10.4. The number of halogens is 1. The third-order valence-electron chi connectivity index (χ3n) is 3.17. The van der Waals surface area contributed by atoms with Gasteiger partial charge in [-0.25, -0.2) is 0 Å². The van der Waals surface area contributed by atoms with Crippen molar-refractivity contribution in [3.05, 3.63) is 22.7 Å². The Hall–Kier alpha value is -1.46. The van der Waals surface area contributed by atoms with Crippen molar-refractivity contribution in [2.24, 2.45) is 0 Å². The molecule has 0 spiro atoms. The van der Waals surface area contributed by atoms with E-state index in [4.69, 9.17) is 21.1 Å². The molecule has 0 fully saturated rings. The molecule has 1 atom stereocenters. The molecule has 0 radical (unpaired) electrons. The summed E-state index contributed by atoms with van der Waals surface area (Å²) in [5.41, 5.74) is -0.372. The van der Waals surface area contributed by atoms with E-state index in [0.29, 0.717) is 22.1 Å². The summed E-state index contributed by atoms with van der Waals surface area (Å²) in [6.07, 6.45) is -0.680. The third kappa shape index (κ3) is 2.77. The minimum Gasteiger partial charge on any atom is -0.454 e. The highest BCUT2D eigenvalue weighted by Crippen LogP contribution is 2.39. The van der Waals surface area contributed by atoms with E-state index in [9.17, 15) is 9.90 Å². The normalized spacial score (nSPS) is 15.2. The van der Waals surface area contributed by atoms with Gasteiger partial charge in [-0.05, 0) is 32.9 Å². The van der Waals surface area contributed by atoms with Crippen LogP contribution in [0.4, 0.5) is 0 Å². The second kappa shape index (κ2) is 4.90. The van der Waals surface area contributed by atoms with Crippen LogP contribution in [-0.4, -0.2) is 29.4 Å². The van der Waals surface area contributed by atoms with Gasteiger partial charge in [-0.1, -0.05) is 11.6 Å². The number of amides is 1. The van der Waals surface area contributed by atoms with Crippen LogP contribution < -0.4 is 14.8 Å². The van der Waals surface area contributed by atoms with Gasteiger partial charge in [-0.2, -0.15) is 0 Å². The maximum absolute atomic E-state index is 12.1.